The van der Waals surface area contributed by atoms with Crippen molar-refractivity contribution in [3.8, 4) is 0 Å². The molecule has 2 amide bonds. The van der Waals surface area contributed by atoms with Crippen molar-refractivity contribution in [1.82, 2.24) is 10.6 Å². The number of aliphatic hydroxyl groups is 1. The number of ether oxygens (including phenoxy) is 1. The summed E-state index contributed by atoms with van der Waals surface area (Å²) >= 11 is 0. The molecule has 1 aliphatic rings. The minimum atomic E-state index is -0.142. The lowest BCUT2D eigenvalue weighted by molar-refractivity contribution is 0.0643. The SMILES string of the molecule is CC(OCCCNC(=O)NC1CCCCC1CO)c1ccccc1. The van der Waals surface area contributed by atoms with Gasteiger partial charge in [-0.2, -0.15) is 0 Å². The summed E-state index contributed by atoms with van der Waals surface area (Å²) in [7, 11) is 0. The van der Waals surface area contributed by atoms with E-state index in [-0.39, 0.29) is 30.7 Å². The molecule has 134 valence electrons. The lowest BCUT2D eigenvalue weighted by atomic mass is 9.85. The highest BCUT2D eigenvalue weighted by Crippen LogP contribution is 2.23. The predicted molar refractivity (Wildman–Crippen MR) is 94.8 cm³/mol. The van der Waals surface area contributed by atoms with Gasteiger partial charge in [-0.25, -0.2) is 4.79 Å². The third-order valence-corrected chi connectivity index (χ3v) is 4.70. The fourth-order valence-electron chi connectivity index (χ4n) is 3.19. The topological polar surface area (TPSA) is 70.6 Å². The first-order chi connectivity index (χ1) is 11.7. The second kappa shape index (κ2) is 10.3. The summed E-state index contributed by atoms with van der Waals surface area (Å²) in [4.78, 5) is 11.9. The van der Waals surface area contributed by atoms with E-state index >= 15 is 0 Å². The van der Waals surface area contributed by atoms with Crippen LogP contribution in [0, 0.1) is 5.92 Å². The number of nitrogens with one attached hydrogen (secondary N) is 2. The van der Waals surface area contributed by atoms with Gasteiger partial charge in [-0.3, -0.25) is 0 Å². The average Bonchev–Trinajstić information content (AvgIpc) is 2.62. The number of amides is 2. The Morgan fingerprint density at radius 1 is 1.29 bits per heavy atom. The van der Waals surface area contributed by atoms with E-state index in [1.165, 1.54) is 0 Å². The van der Waals surface area contributed by atoms with E-state index in [0.29, 0.717) is 13.2 Å². The van der Waals surface area contributed by atoms with Crippen molar-refractivity contribution in [2.75, 3.05) is 19.8 Å². The fourth-order valence-corrected chi connectivity index (χ4v) is 3.19. The van der Waals surface area contributed by atoms with Crippen LogP contribution in [0.4, 0.5) is 4.79 Å². The number of rotatable bonds is 8. The molecule has 1 aromatic carbocycles. The molecule has 5 nitrogen and oxygen atoms in total. The van der Waals surface area contributed by atoms with Crippen LogP contribution in [0.5, 0.6) is 0 Å². The number of carbonyl (C=O) groups is 1. The Hall–Kier alpha value is -1.59. The Morgan fingerprint density at radius 2 is 2.04 bits per heavy atom. The van der Waals surface area contributed by atoms with Gasteiger partial charge in [0, 0.05) is 31.7 Å². The number of carbonyl (C=O) groups excluding carboxylic acids is 1. The highest BCUT2D eigenvalue weighted by atomic mass is 16.5. The van der Waals surface area contributed by atoms with Gasteiger partial charge in [0.1, 0.15) is 0 Å². The van der Waals surface area contributed by atoms with Crippen LogP contribution in [0.2, 0.25) is 0 Å². The Labute approximate surface area is 144 Å². The molecule has 1 aromatic rings. The molecule has 1 fully saturated rings. The van der Waals surface area contributed by atoms with Gasteiger partial charge in [-0.1, -0.05) is 43.2 Å². The van der Waals surface area contributed by atoms with Gasteiger partial charge in [0.05, 0.1) is 6.10 Å². The zero-order valence-electron chi connectivity index (χ0n) is 14.5. The molecule has 0 spiro atoms. The standard InChI is InChI=1S/C19H30N2O3/c1-15(16-8-3-2-4-9-16)24-13-7-12-20-19(23)21-18-11-6-5-10-17(18)14-22/h2-4,8-9,15,17-18,22H,5-7,10-14H2,1H3,(H2,20,21,23). The van der Waals surface area contributed by atoms with Gasteiger partial charge in [0.15, 0.2) is 0 Å². The zero-order chi connectivity index (χ0) is 17.2. The fraction of sp³-hybridized carbons (Fsp3) is 0.632. The first kappa shape index (κ1) is 18.7. The molecule has 5 heteroatoms. The molecule has 3 N–H and O–H groups in total. The molecule has 0 bridgehead atoms. The van der Waals surface area contributed by atoms with E-state index in [0.717, 1.165) is 37.7 Å². The molecule has 1 aliphatic carbocycles. The summed E-state index contributed by atoms with van der Waals surface area (Å²) in [5, 5.41) is 15.2. The number of hydrogen-bond donors (Lipinski definition) is 3. The van der Waals surface area contributed by atoms with E-state index in [2.05, 4.69) is 22.8 Å². The average molecular weight is 334 g/mol. The molecule has 0 saturated heterocycles. The van der Waals surface area contributed by atoms with Crippen LogP contribution in [0.3, 0.4) is 0 Å². The Kier molecular flexibility index (Phi) is 8.05. The van der Waals surface area contributed by atoms with Crippen molar-refractivity contribution in [2.24, 2.45) is 5.92 Å². The van der Waals surface area contributed by atoms with Crippen LogP contribution in [-0.2, 0) is 4.74 Å². The van der Waals surface area contributed by atoms with Crippen molar-refractivity contribution in [3.05, 3.63) is 35.9 Å². The van der Waals surface area contributed by atoms with Crippen molar-refractivity contribution in [3.63, 3.8) is 0 Å². The Balaban J connectivity index is 1.57. The zero-order valence-corrected chi connectivity index (χ0v) is 14.5. The van der Waals surface area contributed by atoms with E-state index in [9.17, 15) is 9.90 Å². The highest BCUT2D eigenvalue weighted by Gasteiger charge is 2.25. The third kappa shape index (κ3) is 6.13. The summed E-state index contributed by atoms with van der Waals surface area (Å²) in [6.07, 6.45) is 5.05. The molecule has 3 unspecified atom stereocenters. The van der Waals surface area contributed by atoms with Crippen LogP contribution < -0.4 is 10.6 Å². The van der Waals surface area contributed by atoms with Crippen molar-refractivity contribution in [2.45, 2.75) is 51.2 Å². The third-order valence-electron chi connectivity index (χ3n) is 4.70. The summed E-state index contributed by atoms with van der Waals surface area (Å²) in [5.74, 6) is 0.194. The first-order valence-corrected chi connectivity index (χ1v) is 9.02. The predicted octanol–water partition coefficient (Wildman–Crippen LogP) is 3.00. The maximum atomic E-state index is 11.9. The van der Waals surface area contributed by atoms with Crippen LogP contribution in [-0.4, -0.2) is 36.9 Å². The molecule has 0 radical (unpaired) electrons. The molecule has 1 saturated carbocycles. The number of hydrogen-bond acceptors (Lipinski definition) is 3. The molecule has 0 heterocycles. The number of urea groups is 1. The lowest BCUT2D eigenvalue weighted by Gasteiger charge is -2.30. The van der Waals surface area contributed by atoms with Crippen LogP contribution in [0.25, 0.3) is 0 Å². The minimum Gasteiger partial charge on any atom is -0.396 e. The number of aliphatic hydroxyl groups excluding tert-OH is 1. The highest BCUT2D eigenvalue weighted by molar-refractivity contribution is 5.74. The second-order valence-corrected chi connectivity index (χ2v) is 6.51. The normalized spacial score (nSPS) is 21.9. The monoisotopic (exact) mass is 334 g/mol. The smallest absolute Gasteiger partial charge is 0.315 e. The van der Waals surface area contributed by atoms with Gasteiger partial charge in [0.2, 0.25) is 0 Å². The quantitative estimate of drug-likeness (QED) is 0.640. The molecule has 24 heavy (non-hydrogen) atoms. The maximum absolute atomic E-state index is 11.9. The minimum absolute atomic E-state index is 0.0626. The van der Waals surface area contributed by atoms with Gasteiger partial charge >= 0.3 is 6.03 Å². The maximum Gasteiger partial charge on any atom is 0.315 e. The van der Waals surface area contributed by atoms with Gasteiger partial charge in [-0.05, 0) is 31.7 Å². The van der Waals surface area contributed by atoms with Gasteiger partial charge in [-0.15, -0.1) is 0 Å². The van der Waals surface area contributed by atoms with E-state index in [1.54, 1.807) is 0 Å². The van der Waals surface area contributed by atoms with E-state index in [1.807, 2.05) is 25.1 Å². The summed E-state index contributed by atoms with van der Waals surface area (Å²) < 4.78 is 5.79. The summed E-state index contributed by atoms with van der Waals surface area (Å²) in [6, 6.07) is 10.1. The van der Waals surface area contributed by atoms with Crippen molar-refractivity contribution in [1.29, 1.82) is 0 Å². The van der Waals surface area contributed by atoms with Crippen LogP contribution in [0.1, 0.15) is 50.7 Å². The van der Waals surface area contributed by atoms with Crippen LogP contribution >= 0.6 is 0 Å². The van der Waals surface area contributed by atoms with Crippen molar-refractivity contribution >= 4 is 6.03 Å². The molecule has 0 aliphatic heterocycles. The van der Waals surface area contributed by atoms with Crippen molar-refractivity contribution < 1.29 is 14.6 Å². The lowest BCUT2D eigenvalue weighted by Crippen LogP contribution is -2.47. The molecule has 3 atom stereocenters. The summed E-state index contributed by atoms with van der Waals surface area (Å²) in [6.45, 7) is 3.38. The van der Waals surface area contributed by atoms with Gasteiger partial charge in [0.25, 0.3) is 0 Å². The molecular formula is C19H30N2O3. The molecule has 2 rings (SSSR count). The molecule has 0 aromatic heterocycles. The van der Waals surface area contributed by atoms with Crippen LogP contribution in [0.15, 0.2) is 30.3 Å². The number of benzene rings is 1. The first-order valence-electron chi connectivity index (χ1n) is 9.02. The van der Waals surface area contributed by atoms with Gasteiger partial charge < -0.3 is 20.5 Å². The van der Waals surface area contributed by atoms with E-state index < -0.39 is 0 Å². The largest absolute Gasteiger partial charge is 0.396 e. The second-order valence-electron chi connectivity index (χ2n) is 6.51. The Morgan fingerprint density at radius 3 is 2.79 bits per heavy atom. The Bertz CT molecular complexity index is 481. The molecular weight excluding hydrogens is 304 g/mol. The summed E-state index contributed by atoms with van der Waals surface area (Å²) in [5.41, 5.74) is 1.16. The van der Waals surface area contributed by atoms with E-state index in [4.69, 9.17) is 4.74 Å².